The van der Waals surface area contributed by atoms with Gasteiger partial charge in [0.1, 0.15) is 13.2 Å². The number of amides is 1. The molecule has 0 unspecified atom stereocenters. The van der Waals surface area contributed by atoms with E-state index in [2.05, 4.69) is 5.32 Å². The van der Waals surface area contributed by atoms with Crippen molar-refractivity contribution in [2.24, 2.45) is 5.92 Å². The molecular weight excluding hydrogens is 436 g/mol. The molecule has 7 nitrogen and oxygen atoms in total. The van der Waals surface area contributed by atoms with E-state index in [0.29, 0.717) is 56.3 Å². The van der Waals surface area contributed by atoms with Gasteiger partial charge in [-0.15, -0.1) is 0 Å². The number of carbonyl (C=O) groups is 1. The van der Waals surface area contributed by atoms with Crippen molar-refractivity contribution < 1.29 is 22.7 Å². The fraction of sp³-hybridized carbons (Fsp3) is 0.409. The topological polar surface area (TPSA) is 84.9 Å². The molecule has 2 aromatic rings. The van der Waals surface area contributed by atoms with Crippen molar-refractivity contribution in [3.8, 4) is 11.5 Å². The lowest BCUT2D eigenvalue weighted by molar-refractivity contribution is -0.120. The number of piperidine rings is 1. The van der Waals surface area contributed by atoms with Crippen molar-refractivity contribution in [3.63, 3.8) is 0 Å². The van der Waals surface area contributed by atoms with E-state index in [4.69, 9.17) is 9.47 Å². The zero-order valence-electron chi connectivity index (χ0n) is 17.4. The van der Waals surface area contributed by atoms with Crippen LogP contribution in [0.15, 0.2) is 52.3 Å². The van der Waals surface area contributed by atoms with Crippen LogP contribution in [0.2, 0.25) is 0 Å². The minimum absolute atomic E-state index is 0.0845. The second-order valence-corrected chi connectivity index (χ2v) is 10.8. The summed E-state index contributed by atoms with van der Waals surface area (Å²) >= 11 is 1.54. The second kappa shape index (κ2) is 9.50. The van der Waals surface area contributed by atoms with Crippen molar-refractivity contribution in [2.45, 2.75) is 29.6 Å². The number of hydrogen-bond acceptors (Lipinski definition) is 6. The first-order valence-corrected chi connectivity index (χ1v) is 12.8. The predicted molar refractivity (Wildman–Crippen MR) is 120 cm³/mol. The number of ether oxygens (including phenoxy) is 2. The maximum absolute atomic E-state index is 13.0. The predicted octanol–water partition coefficient (Wildman–Crippen LogP) is 3.61. The van der Waals surface area contributed by atoms with Gasteiger partial charge in [-0.3, -0.25) is 4.79 Å². The Kier molecular flexibility index (Phi) is 6.74. The smallest absolute Gasteiger partial charge is 0.227 e. The molecule has 1 N–H and O–H groups in total. The largest absolute Gasteiger partial charge is 0.486 e. The van der Waals surface area contributed by atoms with Crippen molar-refractivity contribution >= 4 is 33.4 Å². The second-order valence-electron chi connectivity index (χ2n) is 7.47. The van der Waals surface area contributed by atoms with Gasteiger partial charge < -0.3 is 14.8 Å². The molecule has 0 aromatic heterocycles. The number of anilines is 1. The van der Waals surface area contributed by atoms with Gasteiger partial charge >= 0.3 is 0 Å². The van der Waals surface area contributed by atoms with Crippen LogP contribution in [0.1, 0.15) is 19.8 Å². The summed E-state index contributed by atoms with van der Waals surface area (Å²) in [6.45, 7) is 3.35. The lowest BCUT2D eigenvalue weighted by atomic mass is 9.97. The first kappa shape index (κ1) is 22.0. The Morgan fingerprint density at radius 1 is 1.10 bits per heavy atom. The van der Waals surface area contributed by atoms with Crippen LogP contribution < -0.4 is 14.8 Å². The summed E-state index contributed by atoms with van der Waals surface area (Å²) in [5, 5.41) is 3.05. The van der Waals surface area contributed by atoms with Crippen molar-refractivity contribution in [3.05, 3.63) is 42.5 Å². The van der Waals surface area contributed by atoms with Gasteiger partial charge in [0.05, 0.1) is 11.4 Å². The molecule has 2 aliphatic rings. The summed E-state index contributed by atoms with van der Waals surface area (Å²) in [4.78, 5) is 14.9. The molecule has 0 atom stereocenters. The van der Waals surface area contributed by atoms with E-state index in [1.165, 1.54) is 4.31 Å². The van der Waals surface area contributed by atoms with Crippen LogP contribution in [-0.4, -0.2) is 50.7 Å². The SMILES string of the molecule is CCS(=O)(=O)N1CCC(C(=O)Nc2cc3c(cc2Sc2ccccc2)OCCO3)CC1. The van der Waals surface area contributed by atoms with Crippen LogP contribution in [0, 0.1) is 5.92 Å². The average Bonchev–Trinajstić information content (AvgIpc) is 2.80. The lowest BCUT2D eigenvalue weighted by Gasteiger charge is -2.30. The number of nitrogens with zero attached hydrogens (tertiary/aromatic N) is 1. The minimum atomic E-state index is -3.21. The van der Waals surface area contributed by atoms with Gasteiger partial charge in [0, 0.05) is 40.9 Å². The van der Waals surface area contributed by atoms with Crippen LogP contribution in [0.5, 0.6) is 11.5 Å². The van der Waals surface area contributed by atoms with Crippen molar-refractivity contribution in [1.82, 2.24) is 4.31 Å². The van der Waals surface area contributed by atoms with Crippen LogP contribution in [0.3, 0.4) is 0 Å². The standard InChI is InChI=1S/C22H26N2O5S2/c1-2-31(26,27)24-10-8-16(9-11-24)22(25)23-18-14-19-20(29-13-12-28-19)15-21(18)30-17-6-4-3-5-7-17/h3-7,14-16H,2,8-13H2,1H3,(H,23,25). The third-order valence-electron chi connectivity index (χ3n) is 5.46. The molecular formula is C22H26N2O5S2. The van der Waals surface area contributed by atoms with Gasteiger partial charge in [-0.1, -0.05) is 30.0 Å². The van der Waals surface area contributed by atoms with E-state index in [1.807, 2.05) is 42.5 Å². The quantitative estimate of drug-likeness (QED) is 0.706. The zero-order valence-corrected chi connectivity index (χ0v) is 19.0. The van der Waals surface area contributed by atoms with Crippen LogP contribution >= 0.6 is 11.8 Å². The normalized spacial score (nSPS) is 17.3. The molecule has 9 heteroatoms. The van der Waals surface area contributed by atoms with Crippen molar-refractivity contribution in [1.29, 1.82) is 0 Å². The Bertz CT molecular complexity index is 1040. The molecule has 0 spiro atoms. The molecule has 0 saturated carbocycles. The molecule has 2 heterocycles. The van der Waals surface area contributed by atoms with Gasteiger partial charge in [0.25, 0.3) is 0 Å². The molecule has 166 valence electrons. The molecule has 1 fully saturated rings. The number of carbonyl (C=O) groups excluding carboxylic acids is 1. The summed E-state index contributed by atoms with van der Waals surface area (Å²) in [5.74, 6) is 1.04. The Balaban J connectivity index is 1.51. The van der Waals surface area contributed by atoms with E-state index in [9.17, 15) is 13.2 Å². The highest BCUT2D eigenvalue weighted by atomic mass is 32.2. The molecule has 2 aliphatic heterocycles. The number of fused-ring (bicyclic) bond motifs is 1. The Hall–Kier alpha value is -2.23. The Morgan fingerprint density at radius 3 is 2.39 bits per heavy atom. The van der Waals surface area contributed by atoms with Gasteiger partial charge in [-0.05, 0) is 31.9 Å². The number of sulfonamides is 1. The zero-order chi connectivity index (χ0) is 21.8. The summed E-state index contributed by atoms with van der Waals surface area (Å²) in [6.07, 6.45) is 1.02. The summed E-state index contributed by atoms with van der Waals surface area (Å²) in [7, 11) is -3.21. The minimum Gasteiger partial charge on any atom is -0.486 e. The first-order valence-electron chi connectivity index (χ1n) is 10.4. The monoisotopic (exact) mass is 462 g/mol. The lowest BCUT2D eigenvalue weighted by Crippen LogP contribution is -2.42. The fourth-order valence-electron chi connectivity index (χ4n) is 3.68. The number of nitrogens with one attached hydrogen (secondary N) is 1. The Morgan fingerprint density at radius 2 is 1.74 bits per heavy atom. The van der Waals surface area contributed by atoms with Gasteiger partial charge in [0.2, 0.25) is 15.9 Å². The number of rotatable bonds is 6. The van der Waals surface area contributed by atoms with E-state index < -0.39 is 10.0 Å². The summed E-state index contributed by atoms with van der Waals surface area (Å²) in [6, 6.07) is 13.6. The number of benzene rings is 2. The maximum Gasteiger partial charge on any atom is 0.227 e. The maximum atomic E-state index is 13.0. The molecule has 0 aliphatic carbocycles. The highest BCUT2D eigenvalue weighted by Crippen LogP contribution is 2.42. The van der Waals surface area contributed by atoms with Gasteiger partial charge in [0.15, 0.2) is 11.5 Å². The van der Waals surface area contributed by atoms with Gasteiger partial charge in [-0.25, -0.2) is 12.7 Å². The third kappa shape index (κ3) is 5.16. The molecule has 1 saturated heterocycles. The van der Waals surface area contributed by atoms with Crippen molar-refractivity contribution in [2.75, 3.05) is 37.4 Å². The van der Waals surface area contributed by atoms with E-state index in [-0.39, 0.29) is 17.6 Å². The summed E-state index contributed by atoms with van der Waals surface area (Å²) < 4.78 is 37.1. The van der Waals surface area contributed by atoms with Crippen LogP contribution in [0.25, 0.3) is 0 Å². The Labute approximate surface area is 187 Å². The molecule has 0 bridgehead atoms. The first-order chi connectivity index (χ1) is 15.0. The molecule has 0 radical (unpaired) electrons. The van der Waals surface area contributed by atoms with Crippen LogP contribution in [0.4, 0.5) is 5.69 Å². The molecule has 31 heavy (non-hydrogen) atoms. The molecule has 1 amide bonds. The highest BCUT2D eigenvalue weighted by molar-refractivity contribution is 7.99. The molecule has 4 rings (SSSR count). The number of hydrogen-bond donors (Lipinski definition) is 1. The van der Waals surface area contributed by atoms with E-state index >= 15 is 0 Å². The fourth-order valence-corrected chi connectivity index (χ4v) is 5.75. The highest BCUT2D eigenvalue weighted by Gasteiger charge is 2.30. The van der Waals surface area contributed by atoms with E-state index in [1.54, 1.807) is 18.7 Å². The molecule has 2 aromatic carbocycles. The summed E-state index contributed by atoms with van der Waals surface area (Å²) in [5.41, 5.74) is 0.673. The third-order valence-corrected chi connectivity index (χ3v) is 8.40. The average molecular weight is 463 g/mol. The van der Waals surface area contributed by atoms with E-state index in [0.717, 1.165) is 9.79 Å². The van der Waals surface area contributed by atoms with Gasteiger partial charge in [-0.2, -0.15) is 0 Å². The van der Waals surface area contributed by atoms with Crippen LogP contribution in [-0.2, 0) is 14.8 Å².